The third-order valence-electron chi connectivity index (χ3n) is 7.25. The van der Waals surface area contributed by atoms with Crippen molar-refractivity contribution in [3.8, 4) is 34.3 Å². The number of phenols is 1. The lowest BCUT2D eigenvalue weighted by Crippen LogP contribution is -2.23. The first-order valence-corrected chi connectivity index (χ1v) is 14.2. The number of benzene rings is 3. The minimum Gasteiger partial charge on any atom is -0.507 e. The Morgan fingerprint density at radius 1 is 0.857 bits per heavy atom. The smallest absolute Gasteiger partial charge is 0.167 e. The summed E-state index contributed by atoms with van der Waals surface area (Å²) < 4.78 is 11.3. The van der Waals surface area contributed by atoms with Crippen LogP contribution in [0.15, 0.2) is 84.5 Å². The third-order valence-corrected chi connectivity index (χ3v) is 7.25. The maximum absolute atomic E-state index is 11.0. The molecule has 1 aliphatic rings. The van der Waals surface area contributed by atoms with E-state index < -0.39 is 6.10 Å². The van der Waals surface area contributed by atoms with Gasteiger partial charge in [0, 0.05) is 17.2 Å². The lowest BCUT2D eigenvalue weighted by atomic mass is 9.91. The van der Waals surface area contributed by atoms with Crippen molar-refractivity contribution in [3.63, 3.8) is 0 Å². The minimum absolute atomic E-state index is 0.0236. The van der Waals surface area contributed by atoms with Gasteiger partial charge < -0.3 is 19.7 Å². The zero-order valence-electron chi connectivity index (χ0n) is 24.5. The molecule has 42 heavy (non-hydrogen) atoms. The van der Waals surface area contributed by atoms with E-state index in [9.17, 15) is 10.2 Å². The average molecular weight is 564 g/mol. The van der Waals surface area contributed by atoms with E-state index in [0.717, 1.165) is 34.2 Å². The van der Waals surface area contributed by atoms with Gasteiger partial charge in [0.05, 0.1) is 18.8 Å². The fourth-order valence-corrected chi connectivity index (χ4v) is 5.05. The van der Waals surface area contributed by atoms with Crippen LogP contribution < -0.4 is 4.74 Å². The van der Waals surface area contributed by atoms with E-state index in [-0.39, 0.29) is 19.0 Å². The summed E-state index contributed by atoms with van der Waals surface area (Å²) >= 11 is 0. The van der Waals surface area contributed by atoms with Crippen LogP contribution in [-0.2, 0) is 11.3 Å². The Bertz CT molecular complexity index is 1610. The SMILES string of the molecule is CC1=C(c2nc(-c3ccc(C)cc3C)nc(-c3ccc(OCC(O)COCc4ccccc4)cc3O)n2)C=CC(C)C1. The van der Waals surface area contributed by atoms with Crippen molar-refractivity contribution in [2.75, 3.05) is 13.2 Å². The van der Waals surface area contributed by atoms with Crippen molar-refractivity contribution >= 4 is 5.57 Å². The summed E-state index contributed by atoms with van der Waals surface area (Å²) in [4.78, 5) is 14.5. The molecular weight excluding hydrogens is 526 g/mol. The minimum atomic E-state index is -0.815. The number of rotatable bonds is 10. The van der Waals surface area contributed by atoms with Gasteiger partial charge in [-0.25, -0.2) is 15.0 Å². The Balaban J connectivity index is 1.37. The van der Waals surface area contributed by atoms with Gasteiger partial charge in [-0.05, 0) is 56.4 Å². The highest BCUT2D eigenvalue weighted by atomic mass is 16.5. The molecule has 0 amide bonds. The third kappa shape index (κ3) is 7.11. The maximum Gasteiger partial charge on any atom is 0.167 e. The predicted octanol–water partition coefficient (Wildman–Crippen LogP) is 6.85. The zero-order chi connectivity index (χ0) is 29.6. The van der Waals surface area contributed by atoms with Crippen molar-refractivity contribution in [2.24, 2.45) is 5.92 Å². The molecule has 2 N–H and O–H groups in total. The molecule has 0 saturated heterocycles. The van der Waals surface area contributed by atoms with Crippen molar-refractivity contribution in [1.82, 2.24) is 15.0 Å². The van der Waals surface area contributed by atoms with Crippen LogP contribution in [0, 0.1) is 19.8 Å². The first kappa shape index (κ1) is 29.2. The van der Waals surface area contributed by atoms with Crippen LogP contribution in [0.2, 0.25) is 0 Å². The number of aliphatic hydroxyl groups is 1. The van der Waals surface area contributed by atoms with Gasteiger partial charge in [0.1, 0.15) is 24.2 Å². The van der Waals surface area contributed by atoms with E-state index >= 15 is 0 Å². The van der Waals surface area contributed by atoms with Gasteiger partial charge in [-0.1, -0.05) is 78.7 Å². The second-order valence-corrected chi connectivity index (χ2v) is 11.0. The summed E-state index contributed by atoms with van der Waals surface area (Å²) in [7, 11) is 0. The average Bonchev–Trinajstić information content (AvgIpc) is 2.96. The number of hydrogen-bond acceptors (Lipinski definition) is 7. The lowest BCUT2D eigenvalue weighted by Gasteiger charge is -2.18. The van der Waals surface area contributed by atoms with E-state index in [4.69, 9.17) is 24.4 Å². The summed E-state index contributed by atoms with van der Waals surface area (Å²) in [5, 5.41) is 21.3. The van der Waals surface area contributed by atoms with Crippen molar-refractivity contribution < 1.29 is 19.7 Å². The Labute approximate surface area is 247 Å². The van der Waals surface area contributed by atoms with Crippen LogP contribution in [0.3, 0.4) is 0 Å². The Hall–Kier alpha value is -4.33. The molecule has 1 aliphatic carbocycles. The largest absolute Gasteiger partial charge is 0.507 e. The van der Waals surface area contributed by atoms with Gasteiger partial charge in [-0.3, -0.25) is 0 Å². The fraction of sp³-hybridized carbons (Fsp3) is 0.286. The molecule has 0 radical (unpaired) electrons. The molecule has 0 fully saturated rings. The Morgan fingerprint density at radius 3 is 2.29 bits per heavy atom. The molecule has 4 aromatic rings. The lowest BCUT2D eigenvalue weighted by molar-refractivity contribution is 0.00546. The highest BCUT2D eigenvalue weighted by Crippen LogP contribution is 2.34. The second kappa shape index (κ2) is 13.1. The molecule has 0 spiro atoms. The summed E-state index contributed by atoms with van der Waals surface area (Å²) in [6.45, 7) is 8.98. The molecule has 3 aromatic carbocycles. The summed E-state index contributed by atoms with van der Waals surface area (Å²) in [5.74, 6) is 2.36. The van der Waals surface area contributed by atoms with Gasteiger partial charge in [-0.2, -0.15) is 0 Å². The number of hydrogen-bond donors (Lipinski definition) is 2. The van der Waals surface area contributed by atoms with Gasteiger partial charge in [0.2, 0.25) is 0 Å². The highest BCUT2D eigenvalue weighted by molar-refractivity contribution is 5.77. The maximum atomic E-state index is 11.0. The Morgan fingerprint density at radius 2 is 1.57 bits per heavy atom. The zero-order valence-corrected chi connectivity index (χ0v) is 24.5. The number of allylic oxidation sites excluding steroid dienone is 4. The van der Waals surface area contributed by atoms with E-state index in [2.05, 4.69) is 39.0 Å². The number of aliphatic hydroxyl groups excluding tert-OH is 1. The van der Waals surface area contributed by atoms with E-state index in [1.165, 1.54) is 11.6 Å². The van der Waals surface area contributed by atoms with E-state index in [0.29, 0.717) is 41.3 Å². The normalized spacial score (nSPS) is 15.6. The predicted molar refractivity (Wildman–Crippen MR) is 165 cm³/mol. The van der Waals surface area contributed by atoms with E-state index in [1.807, 2.05) is 49.4 Å². The molecule has 7 heteroatoms. The number of aromatic hydroxyl groups is 1. The van der Waals surface area contributed by atoms with Crippen molar-refractivity contribution in [3.05, 3.63) is 107 Å². The molecule has 2 atom stereocenters. The molecule has 0 aliphatic heterocycles. The standard InChI is InChI=1S/C35H37N3O4/c1-22-10-13-29(24(3)16-22)33-36-34(30-14-11-23(2)17-25(30)4)38-35(37-33)31-15-12-28(18-32(31)40)42-21-27(39)20-41-19-26-8-6-5-7-9-26/h5-16,18,23,27,39-40H,17,19-21H2,1-4H3. The Kier molecular flexibility index (Phi) is 9.10. The first-order chi connectivity index (χ1) is 20.3. The van der Waals surface area contributed by atoms with Crippen LogP contribution >= 0.6 is 0 Å². The summed E-state index contributed by atoms with van der Waals surface area (Å²) in [6, 6.07) is 20.9. The first-order valence-electron chi connectivity index (χ1n) is 14.2. The molecule has 0 bridgehead atoms. The topological polar surface area (TPSA) is 97.6 Å². The van der Waals surface area contributed by atoms with Gasteiger partial charge in [0.15, 0.2) is 17.5 Å². The number of nitrogens with zero attached hydrogens (tertiary/aromatic N) is 3. The van der Waals surface area contributed by atoms with Crippen molar-refractivity contribution in [1.29, 1.82) is 0 Å². The quantitative estimate of drug-likeness (QED) is 0.218. The molecule has 216 valence electrons. The monoisotopic (exact) mass is 563 g/mol. The van der Waals surface area contributed by atoms with Crippen LogP contribution in [0.1, 0.15) is 42.8 Å². The molecule has 7 nitrogen and oxygen atoms in total. The molecule has 2 unspecified atom stereocenters. The van der Waals surface area contributed by atoms with Crippen LogP contribution in [-0.4, -0.2) is 44.5 Å². The van der Waals surface area contributed by atoms with Gasteiger partial charge in [-0.15, -0.1) is 0 Å². The highest BCUT2D eigenvalue weighted by Gasteiger charge is 2.20. The second-order valence-electron chi connectivity index (χ2n) is 11.0. The van der Waals surface area contributed by atoms with Crippen LogP contribution in [0.4, 0.5) is 0 Å². The van der Waals surface area contributed by atoms with Crippen LogP contribution in [0.25, 0.3) is 28.3 Å². The molecule has 1 aromatic heterocycles. The van der Waals surface area contributed by atoms with E-state index in [1.54, 1.807) is 12.1 Å². The molecule has 5 rings (SSSR count). The van der Waals surface area contributed by atoms with Crippen molar-refractivity contribution in [2.45, 2.75) is 46.8 Å². The van der Waals surface area contributed by atoms with Gasteiger partial charge >= 0.3 is 0 Å². The summed E-state index contributed by atoms with van der Waals surface area (Å²) in [6.07, 6.45) is 4.38. The number of aromatic nitrogens is 3. The molecular formula is C35H37N3O4. The number of ether oxygens (including phenoxy) is 2. The fourth-order valence-electron chi connectivity index (χ4n) is 5.05. The molecule has 0 saturated carbocycles. The summed E-state index contributed by atoms with van der Waals surface area (Å²) in [5.41, 5.74) is 6.84. The number of phenolic OH excluding ortho intramolecular Hbond substituents is 1. The van der Waals surface area contributed by atoms with Gasteiger partial charge in [0.25, 0.3) is 0 Å². The molecule has 1 heterocycles. The number of aryl methyl sites for hydroxylation is 2. The van der Waals surface area contributed by atoms with Crippen LogP contribution in [0.5, 0.6) is 11.5 Å².